The first-order valence-electron chi connectivity index (χ1n) is 9.45. The van der Waals surface area contributed by atoms with Crippen molar-refractivity contribution in [1.29, 1.82) is 0 Å². The molecule has 0 heterocycles. The summed E-state index contributed by atoms with van der Waals surface area (Å²) in [6.07, 6.45) is 6.15. The van der Waals surface area contributed by atoms with Crippen molar-refractivity contribution in [1.82, 2.24) is 0 Å². The Bertz CT molecular complexity index is 485. The van der Waals surface area contributed by atoms with E-state index in [0.29, 0.717) is 23.7 Å². The van der Waals surface area contributed by atoms with E-state index in [1.165, 1.54) is 0 Å². The summed E-state index contributed by atoms with van der Waals surface area (Å²) in [5.74, 6) is 1.74. The summed E-state index contributed by atoms with van der Waals surface area (Å²) >= 11 is 3.69. The second kappa shape index (κ2) is 5.43. The van der Waals surface area contributed by atoms with Gasteiger partial charge in [0, 0.05) is 4.83 Å². The van der Waals surface area contributed by atoms with E-state index in [1.54, 1.807) is 0 Å². The fraction of sp³-hybridized carbons (Fsp3) is 1.00. The number of hydrogen-bond donors (Lipinski definition) is 3. The molecule has 0 aromatic carbocycles. The summed E-state index contributed by atoms with van der Waals surface area (Å²) in [7, 11) is 0. The number of halogens is 1. The van der Waals surface area contributed by atoms with Crippen molar-refractivity contribution in [2.75, 3.05) is 0 Å². The Kier molecular flexibility index (Phi) is 3.97. The van der Waals surface area contributed by atoms with Gasteiger partial charge in [0.15, 0.2) is 0 Å². The highest BCUT2D eigenvalue weighted by molar-refractivity contribution is 9.09. The van der Waals surface area contributed by atoms with Gasteiger partial charge in [0.1, 0.15) is 0 Å². The van der Waals surface area contributed by atoms with Crippen LogP contribution in [-0.2, 0) is 0 Å². The van der Waals surface area contributed by atoms with E-state index in [2.05, 4.69) is 29.8 Å². The fourth-order valence-corrected chi connectivity index (χ4v) is 8.15. The molecule has 0 radical (unpaired) electrons. The van der Waals surface area contributed by atoms with Gasteiger partial charge in [-0.1, -0.05) is 29.8 Å². The third-order valence-electron chi connectivity index (χ3n) is 8.59. The molecule has 0 aromatic heterocycles. The number of rotatable bonds is 0. The number of alkyl halides is 1. The lowest BCUT2D eigenvalue weighted by Crippen LogP contribution is -2.58. The van der Waals surface area contributed by atoms with E-state index in [9.17, 15) is 15.3 Å². The quantitative estimate of drug-likeness (QED) is 0.560. The van der Waals surface area contributed by atoms with Gasteiger partial charge in [0.2, 0.25) is 0 Å². The molecule has 0 aliphatic heterocycles. The van der Waals surface area contributed by atoms with Crippen molar-refractivity contribution < 1.29 is 15.3 Å². The zero-order valence-electron chi connectivity index (χ0n) is 14.3. The average Bonchev–Trinajstić information content (AvgIpc) is 2.73. The maximum absolute atomic E-state index is 11.0. The standard InChI is InChI=1S/C19H31BrO3/c1-18-5-3-11(21)7-10(18)8-15(22)16-12(18)4-6-19(2)13(16)9-14(20)17(19)23/h10-17,21-23H,3-9H2,1-2H3/t10-,11+,12+,13+,14+,15+,16-,17+,18+,19+/m1/s1. The van der Waals surface area contributed by atoms with Gasteiger partial charge in [0.25, 0.3) is 0 Å². The first kappa shape index (κ1) is 16.8. The second-order valence-electron chi connectivity index (χ2n) is 9.47. The number of aliphatic hydroxyl groups is 3. The second-order valence-corrected chi connectivity index (χ2v) is 10.6. The molecule has 4 rings (SSSR count). The molecule has 4 aliphatic rings. The van der Waals surface area contributed by atoms with Crippen LogP contribution in [0, 0.1) is 34.5 Å². The monoisotopic (exact) mass is 386 g/mol. The Labute approximate surface area is 148 Å². The molecule has 23 heavy (non-hydrogen) atoms. The summed E-state index contributed by atoms with van der Waals surface area (Å²) in [5.41, 5.74) is 0.216. The molecule has 0 amide bonds. The Morgan fingerprint density at radius 3 is 2.30 bits per heavy atom. The normalized spacial score (nSPS) is 62.3. The minimum absolute atomic E-state index is 0.0479. The summed E-state index contributed by atoms with van der Waals surface area (Å²) in [4.78, 5) is 0.169. The highest BCUT2D eigenvalue weighted by atomic mass is 79.9. The van der Waals surface area contributed by atoms with Crippen molar-refractivity contribution in [3.05, 3.63) is 0 Å². The maximum Gasteiger partial charge on any atom is 0.0721 e. The molecule has 4 fully saturated rings. The van der Waals surface area contributed by atoms with Gasteiger partial charge < -0.3 is 15.3 Å². The Morgan fingerprint density at radius 1 is 0.870 bits per heavy atom. The van der Waals surface area contributed by atoms with E-state index >= 15 is 0 Å². The molecule has 0 spiro atoms. The van der Waals surface area contributed by atoms with Gasteiger partial charge in [-0.05, 0) is 79.4 Å². The lowest BCUT2D eigenvalue weighted by Gasteiger charge is -2.61. The zero-order chi connectivity index (χ0) is 16.6. The maximum atomic E-state index is 11.0. The molecule has 4 saturated carbocycles. The smallest absolute Gasteiger partial charge is 0.0721 e. The van der Waals surface area contributed by atoms with Gasteiger partial charge in [-0.15, -0.1) is 0 Å². The van der Waals surface area contributed by atoms with Crippen LogP contribution in [-0.4, -0.2) is 38.5 Å². The van der Waals surface area contributed by atoms with Crippen LogP contribution in [0.15, 0.2) is 0 Å². The third-order valence-corrected chi connectivity index (χ3v) is 9.47. The zero-order valence-corrected chi connectivity index (χ0v) is 15.9. The van der Waals surface area contributed by atoms with E-state index in [-0.39, 0.29) is 34.0 Å². The highest BCUT2D eigenvalue weighted by Crippen LogP contribution is 2.66. The first-order chi connectivity index (χ1) is 10.8. The van der Waals surface area contributed by atoms with Crippen LogP contribution in [0.1, 0.15) is 58.8 Å². The van der Waals surface area contributed by atoms with Gasteiger partial charge in [-0.3, -0.25) is 0 Å². The predicted molar refractivity (Wildman–Crippen MR) is 93.2 cm³/mol. The molecule has 0 bridgehead atoms. The Hall–Kier alpha value is 0.360. The number of hydrogen-bond acceptors (Lipinski definition) is 3. The van der Waals surface area contributed by atoms with Crippen LogP contribution in [0.25, 0.3) is 0 Å². The van der Waals surface area contributed by atoms with Gasteiger partial charge >= 0.3 is 0 Å². The molecule has 0 unspecified atom stereocenters. The summed E-state index contributed by atoms with van der Waals surface area (Å²) in [6, 6.07) is 0. The van der Waals surface area contributed by atoms with Crippen molar-refractivity contribution >= 4 is 15.9 Å². The van der Waals surface area contributed by atoms with Crippen molar-refractivity contribution in [2.24, 2.45) is 34.5 Å². The molecule has 3 nitrogen and oxygen atoms in total. The molecule has 3 N–H and O–H groups in total. The molecule has 4 aliphatic carbocycles. The molecule has 10 atom stereocenters. The first-order valence-corrected chi connectivity index (χ1v) is 10.4. The lowest BCUT2D eigenvalue weighted by atomic mass is 9.44. The van der Waals surface area contributed by atoms with E-state index < -0.39 is 0 Å². The van der Waals surface area contributed by atoms with E-state index in [0.717, 1.165) is 44.9 Å². The Morgan fingerprint density at radius 2 is 1.57 bits per heavy atom. The van der Waals surface area contributed by atoms with Gasteiger partial charge in [0.05, 0.1) is 18.3 Å². The van der Waals surface area contributed by atoms with Crippen LogP contribution in [0.2, 0.25) is 0 Å². The van der Waals surface area contributed by atoms with Crippen LogP contribution < -0.4 is 0 Å². The third kappa shape index (κ3) is 2.24. The lowest BCUT2D eigenvalue weighted by molar-refractivity contribution is -0.176. The number of fused-ring (bicyclic) bond motifs is 5. The summed E-state index contributed by atoms with van der Waals surface area (Å²) in [6.45, 7) is 4.67. The molecular formula is C19H31BrO3. The van der Waals surface area contributed by atoms with Gasteiger partial charge in [-0.25, -0.2) is 0 Å². The topological polar surface area (TPSA) is 60.7 Å². The van der Waals surface area contributed by atoms with Crippen LogP contribution in [0.3, 0.4) is 0 Å². The largest absolute Gasteiger partial charge is 0.393 e. The summed E-state index contributed by atoms with van der Waals surface area (Å²) in [5, 5.41) is 31.8. The average molecular weight is 387 g/mol. The van der Waals surface area contributed by atoms with Crippen LogP contribution in [0.5, 0.6) is 0 Å². The molecular weight excluding hydrogens is 356 g/mol. The van der Waals surface area contributed by atoms with Gasteiger partial charge in [-0.2, -0.15) is 0 Å². The van der Waals surface area contributed by atoms with E-state index in [4.69, 9.17) is 0 Å². The fourth-order valence-electron chi connectivity index (χ4n) is 7.15. The molecule has 0 saturated heterocycles. The minimum atomic E-state index is -0.292. The number of aliphatic hydroxyl groups excluding tert-OH is 3. The predicted octanol–water partition coefficient (Wildman–Crippen LogP) is 3.10. The SMILES string of the molecule is C[C@]12CC[C@H](O)C[C@@H]1C[C@H](O)[C@@H]1[C@@H]2CC[C@]2(C)[C@@H](O)[C@@H](Br)C[C@@H]12. The van der Waals surface area contributed by atoms with Crippen molar-refractivity contribution in [2.45, 2.75) is 81.9 Å². The van der Waals surface area contributed by atoms with Crippen LogP contribution in [0.4, 0.5) is 0 Å². The summed E-state index contributed by atoms with van der Waals surface area (Å²) < 4.78 is 0. The van der Waals surface area contributed by atoms with E-state index in [1.807, 2.05) is 0 Å². The minimum Gasteiger partial charge on any atom is -0.393 e. The highest BCUT2D eigenvalue weighted by Gasteiger charge is 2.63. The molecule has 4 heteroatoms. The van der Waals surface area contributed by atoms with Crippen molar-refractivity contribution in [3.63, 3.8) is 0 Å². The Balaban J connectivity index is 1.68. The molecule has 0 aromatic rings. The molecule has 132 valence electrons. The van der Waals surface area contributed by atoms with Crippen molar-refractivity contribution in [3.8, 4) is 0 Å². The van der Waals surface area contributed by atoms with Crippen LogP contribution >= 0.6 is 15.9 Å².